The summed E-state index contributed by atoms with van der Waals surface area (Å²) in [6.45, 7) is 6.20. The summed E-state index contributed by atoms with van der Waals surface area (Å²) in [5.41, 5.74) is 4.30. The second-order valence-electron chi connectivity index (χ2n) is 5.51. The summed E-state index contributed by atoms with van der Waals surface area (Å²) < 4.78 is 6.02. The van der Waals surface area contributed by atoms with Gasteiger partial charge in [-0.2, -0.15) is 0 Å². The highest BCUT2D eigenvalue weighted by atomic mass is 16.5. The molecule has 0 bridgehead atoms. The van der Waals surface area contributed by atoms with Crippen LogP contribution in [0.3, 0.4) is 0 Å². The van der Waals surface area contributed by atoms with Crippen molar-refractivity contribution in [2.45, 2.75) is 6.92 Å². The van der Waals surface area contributed by atoms with Crippen molar-refractivity contribution in [2.75, 3.05) is 0 Å². The minimum Gasteiger partial charge on any atom is -0.457 e. The maximum Gasteiger partial charge on any atom is 0.134 e. The third-order valence-electron chi connectivity index (χ3n) is 3.82. The molecule has 0 fully saturated rings. The van der Waals surface area contributed by atoms with Crippen LogP contribution in [0.5, 0.6) is 11.5 Å². The van der Waals surface area contributed by atoms with Crippen LogP contribution in [-0.4, -0.2) is 0 Å². The quantitative estimate of drug-likeness (QED) is 0.517. The lowest BCUT2D eigenvalue weighted by Crippen LogP contribution is -1.89. The first-order valence-electron chi connectivity index (χ1n) is 8.02. The molecular formula is C23H20O. The summed E-state index contributed by atoms with van der Waals surface area (Å²) in [6, 6.07) is 26.3. The lowest BCUT2D eigenvalue weighted by atomic mass is 10.00. The van der Waals surface area contributed by atoms with E-state index in [1.165, 1.54) is 0 Å². The Balaban J connectivity index is 1.79. The fraction of sp³-hybridized carbons (Fsp3) is 0.0435. The predicted molar refractivity (Wildman–Crippen MR) is 102 cm³/mol. The molecule has 0 heterocycles. The Hall–Kier alpha value is -3.06. The monoisotopic (exact) mass is 312 g/mol. The summed E-state index contributed by atoms with van der Waals surface area (Å²) in [7, 11) is 0. The Kier molecular flexibility index (Phi) is 4.93. The van der Waals surface area contributed by atoms with Gasteiger partial charge < -0.3 is 4.74 Å². The molecule has 0 unspecified atom stereocenters. The van der Waals surface area contributed by atoms with E-state index >= 15 is 0 Å². The zero-order valence-electron chi connectivity index (χ0n) is 13.8. The van der Waals surface area contributed by atoms with Crippen LogP contribution in [0.15, 0.2) is 91.5 Å². The molecule has 0 aliphatic heterocycles. The number of hydrogen-bond donors (Lipinski definition) is 0. The van der Waals surface area contributed by atoms with E-state index in [9.17, 15) is 0 Å². The lowest BCUT2D eigenvalue weighted by molar-refractivity contribution is 0.481. The summed E-state index contributed by atoms with van der Waals surface area (Å²) in [4.78, 5) is 0. The number of benzene rings is 3. The third kappa shape index (κ3) is 3.64. The highest BCUT2D eigenvalue weighted by Crippen LogP contribution is 2.28. The van der Waals surface area contributed by atoms with Crippen molar-refractivity contribution in [2.24, 2.45) is 0 Å². The largest absolute Gasteiger partial charge is 0.457 e. The van der Waals surface area contributed by atoms with Gasteiger partial charge in [0.15, 0.2) is 0 Å². The van der Waals surface area contributed by atoms with Gasteiger partial charge in [0, 0.05) is 5.56 Å². The van der Waals surface area contributed by atoms with Gasteiger partial charge in [-0.25, -0.2) is 0 Å². The molecular weight excluding hydrogens is 292 g/mol. The van der Waals surface area contributed by atoms with Crippen molar-refractivity contribution in [1.82, 2.24) is 0 Å². The summed E-state index contributed by atoms with van der Waals surface area (Å²) in [5.74, 6) is 1.67. The fourth-order valence-electron chi connectivity index (χ4n) is 2.55. The minimum absolute atomic E-state index is 0.816. The van der Waals surface area contributed by atoms with Crippen molar-refractivity contribution in [3.05, 3.63) is 108 Å². The molecule has 0 radical (unpaired) electrons. The molecule has 0 saturated carbocycles. The Morgan fingerprint density at radius 3 is 2.12 bits per heavy atom. The van der Waals surface area contributed by atoms with Gasteiger partial charge in [-0.05, 0) is 41.8 Å². The van der Waals surface area contributed by atoms with Crippen LogP contribution in [0.1, 0.15) is 23.6 Å². The average Bonchev–Trinajstić information content (AvgIpc) is 2.64. The number of ether oxygens (including phenoxy) is 1. The second-order valence-corrected chi connectivity index (χ2v) is 5.51. The van der Waals surface area contributed by atoms with Gasteiger partial charge in [-0.3, -0.25) is 0 Å². The zero-order chi connectivity index (χ0) is 16.8. The number of rotatable bonds is 5. The number of allylic oxidation sites excluding steroid dienone is 1. The molecule has 0 aliphatic carbocycles. The molecule has 0 atom stereocenters. The molecule has 1 heteroatoms. The maximum atomic E-state index is 6.02. The third-order valence-corrected chi connectivity index (χ3v) is 3.82. The van der Waals surface area contributed by atoms with Crippen LogP contribution in [0.25, 0.3) is 11.6 Å². The van der Waals surface area contributed by atoms with Gasteiger partial charge in [-0.15, -0.1) is 0 Å². The van der Waals surface area contributed by atoms with Crippen LogP contribution >= 0.6 is 0 Å². The van der Waals surface area contributed by atoms with Crippen molar-refractivity contribution >= 4 is 11.6 Å². The molecule has 3 aromatic carbocycles. The highest BCUT2D eigenvalue weighted by molar-refractivity contribution is 5.78. The van der Waals surface area contributed by atoms with Crippen LogP contribution in [0.2, 0.25) is 0 Å². The van der Waals surface area contributed by atoms with Crippen LogP contribution in [0.4, 0.5) is 0 Å². The molecule has 0 N–H and O–H groups in total. The first kappa shape index (κ1) is 15.8. The van der Waals surface area contributed by atoms with Gasteiger partial charge in [-0.1, -0.05) is 79.4 Å². The smallest absolute Gasteiger partial charge is 0.134 e. The van der Waals surface area contributed by atoms with E-state index in [-0.39, 0.29) is 0 Å². The van der Waals surface area contributed by atoms with E-state index in [0.717, 1.165) is 33.8 Å². The molecule has 3 rings (SSSR count). The molecule has 0 saturated heterocycles. The Labute approximate surface area is 143 Å². The topological polar surface area (TPSA) is 9.23 Å². The SMILES string of the molecule is C=C(c1ccccc1)c1ccc(Oc2ccccc2/C=C\C)cc1. The van der Waals surface area contributed by atoms with Crippen molar-refractivity contribution in [3.8, 4) is 11.5 Å². The summed E-state index contributed by atoms with van der Waals surface area (Å²) in [6.07, 6.45) is 4.05. The van der Waals surface area contributed by atoms with Crippen molar-refractivity contribution in [1.29, 1.82) is 0 Å². The molecule has 118 valence electrons. The lowest BCUT2D eigenvalue weighted by Gasteiger charge is -2.10. The number of para-hydroxylation sites is 1. The zero-order valence-corrected chi connectivity index (χ0v) is 13.8. The van der Waals surface area contributed by atoms with Crippen LogP contribution in [0, 0.1) is 0 Å². The van der Waals surface area contributed by atoms with E-state index in [1.807, 2.05) is 85.8 Å². The summed E-state index contributed by atoms with van der Waals surface area (Å²) >= 11 is 0. The Bertz CT molecular complexity index is 843. The van der Waals surface area contributed by atoms with E-state index in [1.54, 1.807) is 0 Å². The molecule has 0 aliphatic rings. The van der Waals surface area contributed by atoms with Crippen LogP contribution in [-0.2, 0) is 0 Å². The molecule has 24 heavy (non-hydrogen) atoms. The first-order valence-corrected chi connectivity index (χ1v) is 8.02. The second kappa shape index (κ2) is 7.47. The van der Waals surface area contributed by atoms with E-state index in [0.29, 0.717) is 0 Å². The van der Waals surface area contributed by atoms with Crippen LogP contribution < -0.4 is 4.74 Å². The van der Waals surface area contributed by atoms with Gasteiger partial charge in [0.25, 0.3) is 0 Å². The Morgan fingerprint density at radius 1 is 0.792 bits per heavy atom. The van der Waals surface area contributed by atoms with E-state index in [4.69, 9.17) is 4.74 Å². The standard InChI is InChI=1S/C23H20O/c1-3-9-21-12-7-8-13-23(21)24-22-16-14-20(15-17-22)18(2)19-10-5-4-6-11-19/h3-17H,2H2,1H3/b9-3-. The fourth-order valence-corrected chi connectivity index (χ4v) is 2.55. The number of hydrogen-bond acceptors (Lipinski definition) is 1. The minimum atomic E-state index is 0.816. The highest BCUT2D eigenvalue weighted by Gasteiger charge is 2.04. The van der Waals surface area contributed by atoms with E-state index < -0.39 is 0 Å². The van der Waals surface area contributed by atoms with E-state index in [2.05, 4.69) is 18.7 Å². The maximum absolute atomic E-state index is 6.02. The molecule has 1 nitrogen and oxygen atoms in total. The average molecular weight is 312 g/mol. The summed E-state index contributed by atoms with van der Waals surface area (Å²) in [5, 5.41) is 0. The molecule has 0 spiro atoms. The van der Waals surface area contributed by atoms with Gasteiger partial charge in [0.05, 0.1) is 0 Å². The van der Waals surface area contributed by atoms with Gasteiger partial charge >= 0.3 is 0 Å². The Morgan fingerprint density at radius 2 is 1.42 bits per heavy atom. The van der Waals surface area contributed by atoms with Crippen molar-refractivity contribution < 1.29 is 4.74 Å². The van der Waals surface area contributed by atoms with Crippen molar-refractivity contribution in [3.63, 3.8) is 0 Å². The van der Waals surface area contributed by atoms with Gasteiger partial charge in [0.2, 0.25) is 0 Å². The first-order chi connectivity index (χ1) is 11.8. The molecule has 0 amide bonds. The van der Waals surface area contributed by atoms with Gasteiger partial charge in [0.1, 0.15) is 11.5 Å². The molecule has 3 aromatic rings. The normalized spacial score (nSPS) is 10.7. The molecule has 0 aromatic heterocycles. The predicted octanol–water partition coefficient (Wildman–Crippen LogP) is 6.57.